The number of rotatable bonds is 9. The predicted molar refractivity (Wildman–Crippen MR) is 137 cm³/mol. The topological polar surface area (TPSA) is 92.6 Å². The summed E-state index contributed by atoms with van der Waals surface area (Å²) in [4.78, 5) is 16.8. The molecule has 9 heteroatoms. The molecule has 0 radical (unpaired) electrons. The van der Waals surface area contributed by atoms with Crippen LogP contribution in [0.4, 0.5) is 5.69 Å². The van der Waals surface area contributed by atoms with Crippen molar-refractivity contribution in [2.24, 2.45) is 4.99 Å². The van der Waals surface area contributed by atoms with Crippen LogP contribution in [0.3, 0.4) is 0 Å². The molecule has 1 aromatic heterocycles. The minimum absolute atomic E-state index is 0. The number of anilines is 1. The van der Waals surface area contributed by atoms with Crippen molar-refractivity contribution >= 4 is 41.5 Å². The van der Waals surface area contributed by atoms with E-state index in [-0.39, 0.29) is 36.4 Å². The highest BCUT2D eigenvalue weighted by Gasteiger charge is 2.05. The molecule has 3 aromatic rings. The monoisotopic (exact) mass is 548 g/mol. The Morgan fingerprint density at radius 2 is 1.91 bits per heavy atom. The van der Waals surface area contributed by atoms with Gasteiger partial charge in [-0.25, -0.2) is 4.99 Å². The van der Waals surface area contributed by atoms with Crippen LogP contribution in [-0.2, 0) is 24.4 Å². The van der Waals surface area contributed by atoms with Gasteiger partial charge < -0.3 is 20.7 Å². The molecular formula is C23H29IN6O2. The fraction of sp³-hybridized carbons (Fsp3) is 0.261. The Kier molecular flexibility index (Phi) is 10.5. The number of hydrogen-bond acceptors (Lipinski definition) is 4. The number of benzene rings is 2. The smallest absolute Gasteiger partial charge is 0.246 e. The lowest BCUT2D eigenvalue weighted by Crippen LogP contribution is -2.36. The Bertz CT molecular complexity index is 1010. The third-order valence-electron chi connectivity index (χ3n) is 4.43. The van der Waals surface area contributed by atoms with Crippen molar-refractivity contribution in [2.75, 3.05) is 19.0 Å². The summed E-state index contributed by atoms with van der Waals surface area (Å²) in [5.41, 5.74) is 2.83. The van der Waals surface area contributed by atoms with E-state index in [0.29, 0.717) is 13.1 Å². The molecule has 3 N–H and O–H groups in total. The number of halogens is 1. The van der Waals surface area contributed by atoms with Crippen LogP contribution in [0.5, 0.6) is 5.75 Å². The molecule has 3 rings (SSSR count). The maximum Gasteiger partial charge on any atom is 0.246 e. The fourth-order valence-corrected chi connectivity index (χ4v) is 2.97. The Labute approximate surface area is 205 Å². The van der Waals surface area contributed by atoms with E-state index in [4.69, 9.17) is 4.74 Å². The van der Waals surface area contributed by atoms with E-state index in [2.05, 4.69) is 26.0 Å². The van der Waals surface area contributed by atoms with Gasteiger partial charge in [0.05, 0.1) is 13.7 Å². The molecule has 0 saturated heterocycles. The maximum absolute atomic E-state index is 12.2. The van der Waals surface area contributed by atoms with Gasteiger partial charge in [0.15, 0.2) is 5.96 Å². The lowest BCUT2D eigenvalue weighted by molar-refractivity contribution is -0.116. The normalized spacial score (nSPS) is 10.8. The molecule has 0 saturated carbocycles. The zero-order chi connectivity index (χ0) is 21.9. The first-order chi connectivity index (χ1) is 15.2. The van der Waals surface area contributed by atoms with Crippen LogP contribution in [0.2, 0.25) is 0 Å². The van der Waals surface area contributed by atoms with Crippen molar-refractivity contribution < 1.29 is 9.53 Å². The summed E-state index contributed by atoms with van der Waals surface area (Å²) in [5.74, 6) is 1.42. The highest BCUT2D eigenvalue weighted by molar-refractivity contribution is 14.0. The summed E-state index contributed by atoms with van der Waals surface area (Å²) in [6, 6.07) is 17.4. The minimum Gasteiger partial charge on any atom is -0.497 e. The molecular weight excluding hydrogens is 519 g/mol. The third-order valence-corrected chi connectivity index (χ3v) is 4.43. The van der Waals surface area contributed by atoms with Gasteiger partial charge >= 0.3 is 0 Å². The van der Waals surface area contributed by atoms with Crippen LogP contribution in [0.25, 0.3) is 0 Å². The molecule has 0 aliphatic heterocycles. The van der Waals surface area contributed by atoms with E-state index in [0.717, 1.165) is 35.1 Å². The number of aromatic nitrogens is 2. The molecule has 0 unspecified atom stereocenters. The summed E-state index contributed by atoms with van der Waals surface area (Å²) in [7, 11) is 1.66. The van der Waals surface area contributed by atoms with Gasteiger partial charge in [0.1, 0.15) is 12.3 Å². The summed E-state index contributed by atoms with van der Waals surface area (Å²) in [6.45, 7) is 4.07. The molecule has 2 aromatic carbocycles. The molecule has 1 amide bonds. The molecule has 0 aliphatic carbocycles. The largest absolute Gasteiger partial charge is 0.497 e. The van der Waals surface area contributed by atoms with E-state index in [1.165, 1.54) is 0 Å². The number of guanidine groups is 1. The molecule has 0 fully saturated rings. The quantitative estimate of drug-likeness (QED) is 0.217. The van der Waals surface area contributed by atoms with E-state index in [1.54, 1.807) is 30.3 Å². The van der Waals surface area contributed by atoms with E-state index in [1.807, 2.05) is 55.5 Å². The van der Waals surface area contributed by atoms with Crippen molar-refractivity contribution in [2.45, 2.75) is 26.6 Å². The average Bonchev–Trinajstić information content (AvgIpc) is 3.29. The van der Waals surface area contributed by atoms with Crippen LogP contribution in [0.15, 0.2) is 72.0 Å². The van der Waals surface area contributed by atoms with Gasteiger partial charge in [-0.3, -0.25) is 9.48 Å². The third kappa shape index (κ3) is 8.22. The number of nitrogens with zero attached hydrogens (tertiary/aromatic N) is 3. The zero-order valence-corrected chi connectivity index (χ0v) is 20.6. The molecule has 0 bridgehead atoms. The van der Waals surface area contributed by atoms with Gasteiger partial charge in [0.2, 0.25) is 5.91 Å². The van der Waals surface area contributed by atoms with E-state index >= 15 is 0 Å². The summed E-state index contributed by atoms with van der Waals surface area (Å²) < 4.78 is 6.86. The molecule has 0 aliphatic rings. The number of nitrogens with one attached hydrogen (secondary N) is 3. The molecule has 8 nitrogen and oxygen atoms in total. The fourth-order valence-electron chi connectivity index (χ4n) is 2.97. The second-order valence-electron chi connectivity index (χ2n) is 6.85. The lowest BCUT2D eigenvalue weighted by atomic mass is 10.2. The van der Waals surface area contributed by atoms with Crippen molar-refractivity contribution in [3.05, 3.63) is 78.1 Å². The number of methoxy groups -OCH3 is 1. The van der Waals surface area contributed by atoms with Crippen molar-refractivity contribution in [3.63, 3.8) is 0 Å². The summed E-state index contributed by atoms with van der Waals surface area (Å²) in [6.07, 6.45) is 3.40. The van der Waals surface area contributed by atoms with Crippen LogP contribution in [0.1, 0.15) is 18.1 Å². The van der Waals surface area contributed by atoms with Gasteiger partial charge in [-0.05, 0) is 48.4 Å². The first kappa shape index (κ1) is 25.2. The molecule has 0 spiro atoms. The van der Waals surface area contributed by atoms with Crippen molar-refractivity contribution in [3.8, 4) is 5.75 Å². The standard InChI is InChI=1S/C23H28N6O2.HI/c1-3-24-23(26-16-19-8-5-10-21(14-19)31-2)25-15-18-7-4-9-20(13-18)28-22(30)17-29-12-6-11-27-29;/h4-14H,3,15-17H2,1-2H3,(H,28,30)(H2,24,25,26);1H. The number of hydrogen-bond donors (Lipinski definition) is 3. The lowest BCUT2D eigenvalue weighted by Gasteiger charge is -2.12. The minimum atomic E-state index is -0.127. The second kappa shape index (κ2) is 13.4. The molecule has 32 heavy (non-hydrogen) atoms. The van der Waals surface area contributed by atoms with Crippen molar-refractivity contribution in [1.82, 2.24) is 20.4 Å². The summed E-state index contributed by atoms with van der Waals surface area (Å²) in [5, 5.41) is 13.5. The van der Waals surface area contributed by atoms with E-state index < -0.39 is 0 Å². The predicted octanol–water partition coefficient (Wildman–Crippen LogP) is 3.40. The Morgan fingerprint density at radius 3 is 2.66 bits per heavy atom. The summed E-state index contributed by atoms with van der Waals surface area (Å²) >= 11 is 0. The molecule has 170 valence electrons. The highest BCUT2D eigenvalue weighted by atomic mass is 127. The number of ether oxygens (including phenoxy) is 1. The maximum atomic E-state index is 12.2. The van der Waals surface area contributed by atoms with Gasteiger partial charge in [0.25, 0.3) is 0 Å². The van der Waals surface area contributed by atoms with Crippen LogP contribution in [-0.4, -0.2) is 35.3 Å². The number of carbonyl (C=O) groups excluding carboxylic acids is 1. The number of carbonyl (C=O) groups is 1. The van der Waals surface area contributed by atoms with E-state index in [9.17, 15) is 4.79 Å². The van der Waals surface area contributed by atoms with Gasteiger partial charge in [0, 0.05) is 31.2 Å². The molecule has 1 heterocycles. The van der Waals surface area contributed by atoms with Crippen LogP contribution in [0, 0.1) is 0 Å². The Morgan fingerprint density at radius 1 is 1.09 bits per heavy atom. The van der Waals surface area contributed by atoms with Crippen LogP contribution < -0.4 is 20.7 Å². The first-order valence-corrected chi connectivity index (χ1v) is 10.2. The van der Waals surface area contributed by atoms with Crippen molar-refractivity contribution in [1.29, 1.82) is 0 Å². The first-order valence-electron chi connectivity index (χ1n) is 10.2. The van der Waals surface area contributed by atoms with Gasteiger partial charge in [-0.15, -0.1) is 24.0 Å². The molecule has 0 atom stereocenters. The van der Waals surface area contributed by atoms with Gasteiger partial charge in [-0.1, -0.05) is 24.3 Å². The number of amides is 1. The SMILES string of the molecule is CCNC(=NCc1cccc(NC(=O)Cn2cccn2)c1)NCc1cccc(OC)c1.I. The zero-order valence-electron chi connectivity index (χ0n) is 18.2. The Hall–Kier alpha value is -3.08. The second-order valence-corrected chi connectivity index (χ2v) is 6.85. The highest BCUT2D eigenvalue weighted by Crippen LogP contribution is 2.13. The van der Waals surface area contributed by atoms with Crippen LogP contribution >= 0.6 is 24.0 Å². The average molecular weight is 548 g/mol. The van der Waals surface area contributed by atoms with Gasteiger partial charge in [-0.2, -0.15) is 5.10 Å². The number of aliphatic imine (C=N–C) groups is 1. The Balaban J connectivity index is 0.00000363.